The Bertz CT molecular complexity index is 714. The summed E-state index contributed by atoms with van der Waals surface area (Å²) in [6.07, 6.45) is 0.451. The maximum Gasteiger partial charge on any atom is 0.251 e. The summed E-state index contributed by atoms with van der Waals surface area (Å²) in [6, 6.07) is 1.37. The number of hydrogen-bond donors (Lipinski definition) is 2. The van der Waals surface area contributed by atoms with Gasteiger partial charge in [0.05, 0.1) is 26.0 Å². The van der Waals surface area contributed by atoms with Crippen LogP contribution in [0.5, 0.6) is 0 Å². The first kappa shape index (κ1) is 16.6. The Balaban J connectivity index is 2.05. The first-order valence-corrected chi connectivity index (χ1v) is 8.55. The summed E-state index contributed by atoms with van der Waals surface area (Å²) in [5, 5.41) is 0. The highest BCUT2D eigenvalue weighted by molar-refractivity contribution is 7.88. The molecule has 1 aromatic heterocycles. The van der Waals surface area contributed by atoms with Crippen LogP contribution in [0.2, 0.25) is 0 Å². The number of ether oxygens (including phenoxy) is 1. The van der Waals surface area contributed by atoms with Crippen molar-refractivity contribution in [3.8, 4) is 0 Å². The van der Waals surface area contributed by atoms with Crippen LogP contribution in [0, 0.1) is 6.92 Å². The molecule has 22 heavy (non-hydrogen) atoms. The molecular formula is C12H18N4O5S. The summed E-state index contributed by atoms with van der Waals surface area (Å²) >= 11 is 0. The summed E-state index contributed by atoms with van der Waals surface area (Å²) in [5.74, 6) is 0.00676. The molecular weight excluding hydrogens is 312 g/mol. The molecule has 1 amide bonds. The number of carbonyl (C=O) groups excluding carboxylic acids is 1. The quantitative estimate of drug-likeness (QED) is 0.695. The Kier molecular flexibility index (Phi) is 4.94. The van der Waals surface area contributed by atoms with Gasteiger partial charge in [0.25, 0.3) is 5.56 Å². The van der Waals surface area contributed by atoms with Gasteiger partial charge in [-0.2, -0.15) is 0 Å². The van der Waals surface area contributed by atoms with E-state index in [0.29, 0.717) is 18.1 Å². The molecule has 10 heteroatoms. The normalized spacial score (nSPS) is 19.2. The molecule has 122 valence electrons. The van der Waals surface area contributed by atoms with E-state index in [1.165, 1.54) is 11.0 Å². The van der Waals surface area contributed by atoms with E-state index in [1.54, 1.807) is 6.92 Å². The third-order valence-electron chi connectivity index (χ3n) is 3.10. The van der Waals surface area contributed by atoms with Crippen LogP contribution in [0.25, 0.3) is 0 Å². The van der Waals surface area contributed by atoms with Gasteiger partial charge in [-0.3, -0.25) is 9.59 Å². The molecule has 0 spiro atoms. The minimum absolute atomic E-state index is 0.205. The van der Waals surface area contributed by atoms with Gasteiger partial charge in [0.2, 0.25) is 15.9 Å². The van der Waals surface area contributed by atoms with Gasteiger partial charge in [0.1, 0.15) is 11.9 Å². The number of aromatic amines is 1. The summed E-state index contributed by atoms with van der Waals surface area (Å²) in [5.41, 5.74) is 0.276. The Labute approximate surface area is 127 Å². The molecule has 0 radical (unpaired) electrons. The predicted molar refractivity (Wildman–Crippen MR) is 77.7 cm³/mol. The van der Waals surface area contributed by atoms with Crippen LogP contribution in [0.15, 0.2) is 10.9 Å². The van der Waals surface area contributed by atoms with Crippen LogP contribution in [-0.4, -0.2) is 61.7 Å². The van der Waals surface area contributed by atoms with E-state index in [-0.39, 0.29) is 31.2 Å². The van der Waals surface area contributed by atoms with Gasteiger partial charge in [-0.25, -0.2) is 18.1 Å². The van der Waals surface area contributed by atoms with Gasteiger partial charge < -0.3 is 14.6 Å². The second-order valence-corrected chi connectivity index (χ2v) is 6.90. The lowest BCUT2D eigenvalue weighted by Crippen LogP contribution is -2.46. The van der Waals surface area contributed by atoms with Gasteiger partial charge >= 0.3 is 0 Å². The van der Waals surface area contributed by atoms with Gasteiger partial charge in [0.15, 0.2) is 0 Å². The van der Waals surface area contributed by atoms with Crippen LogP contribution in [0.3, 0.4) is 0 Å². The third-order valence-corrected chi connectivity index (χ3v) is 3.77. The maximum absolute atomic E-state index is 12.0. The highest BCUT2D eigenvalue weighted by Crippen LogP contribution is 2.18. The van der Waals surface area contributed by atoms with Gasteiger partial charge in [-0.1, -0.05) is 0 Å². The van der Waals surface area contributed by atoms with E-state index in [0.717, 1.165) is 6.26 Å². The molecule has 1 saturated heterocycles. The Morgan fingerprint density at radius 2 is 2.32 bits per heavy atom. The number of sulfonamides is 1. The molecule has 9 nitrogen and oxygen atoms in total. The van der Waals surface area contributed by atoms with E-state index in [9.17, 15) is 18.0 Å². The number of aryl methyl sites for hydroxylation is 1. The molecule has 0 saturated carbocycles. The number of aromatic nitrogens is 2. The summed E-state index contributed by atoms with van der Waals surface area (Å²) in [6.45, 7) is 2.24. The number of morpholine rings is 1. The van der Waals surface area contributed by atoms with Gasteiger partial charge in [0, 0.05) is 18.3 Å². The maximum atomic E-state index is 12.0. The number of nitrogens with one attached hydrogen (secondary N) is 2. The summed E-state index contributed by atoms with van der Waals surface area (Å²) in [4.78, 5) is 31.8. The molecule has 0 aliphatic carbocycles. The highest BCUT2D eigenvalue weighted by Gasteiger charge is 2.27. The number of hydrogen-bond acceptors (Lipinski definition) is 6. The van der Waals surface area contributed by atoms with Crippen LogP contribution >= 0.6 is 0 Å². The SMILES string of the molecule is Cc1cc(=O)[nH]c([C@@H]2CN(C(=O)CNS(C)(=O)=O)CCO2)n1. The van der Waals surface area contributed by atoms with Crippen LogP contribution in [0.1, 0.15) is 17.6 Å². The van der Waals surface area contributed by atoms with Crippen molar-refractivity contribution in [2.75, 3.05) is 32.5 Å². The first-order chi connectivity index (χ1) is 10.2. The lowest BCUT2D eigenvalue weighted by molar-refractivity contribution is -0.138. The average molecular weight is 330 g/mol. The van der Waals surface area contributed by atoms with Crippen molar-refractivity contribution in [2.24, 2.45) is 0 Å². The fraction of sp³-hybridized carbons (Fsp3) is 0.583. The Morgan fingerprint density at radius 1 is 1.59 bits per heavy atom. The van der Waals surface area contributed by atoms with Crippen molar-refractivity contribution in [3.05, 3.63) is 27.9 Å². The van der Waals surface area contributed by atoms with Crippen molar-refractivity contribution in [2.45, 2.75) is 13.0 Å². The van der Waals surface area contributed by atoms with Crippen molar-refractivity contribution < 1.29 is 17.9 Å². The number of H-pyrrole nitrogens is 1. The molecule has 1 aromatic rings. The number of amides is 1. The predicted octanol–water partition coefficient (Wildman–Crippen LogP) is -1.47. The van der Waals surface area contributed by atoms with E-state index in [4.69, 9.17) is 4.74 Å². The Hall–Kier alpha value is -1.78. The van der Waals surface area contributed by atoms with Gasteiger partial charge in [-0.15, -0.1) is 0 Å². The topological polar surface area (TPSA) is 121 Å². The van der Waals surface area contributed by atoms with Crippen LogP contribution < -0.4 is 10.3 Å². The molecule has 0 bridgehead atoms. The standard InChI is InChI=1S/C12H18N4O5S/c1-8-5-10(17)15-12(14-8)9-7-16(3-4-21-9)11(18)6-13-22(2,19)20/h5,9,13H,3-4,6-7H2,1-2H3,(H,14,15,17)/t9-/m0/s1. The molecule has 1 fully saturated rings. The lowest BCUT2D eigenvalue weighted by atomic mass is 10.2. The average Bonchev–Trinajstić information content (AvgIpc) is 2.43. The molecule has 1 atom stereocenters. The third kappa shape index (κ3) is 4.61. The fourth-order valence-corrected chi connectivity index (χ4v) is 2.49. The first-order valence-electron chi connectivity index (χ1n) is 6.66. The zero-order valence-corrected chi connectivity index (χ0v) is 13.1. The van der Waals surface area contributed by atoms with Crippen molar-refractivity contribution in [1.82, 2.24) is 19.6 Å². The molecule has 1 aliphatic rings. The lowest BCUT2D eigenvalue weighted by Gasteiger charge is -2.32. The number of nitrogens with zero attached hydrogens (tertiary/aromatic N) is 2. The Morgan fingerprint density at radius 3 is 2.95 bits per heavy atom. The highest BCUT2D eigenvalue weighted by atomic mass is 32.2. The fourth-order valence-electron chi connectivity index (χ4n) is 2.10. The summed E-state index contributed by atoms with van der Waals surface area (Å²) in [7, 11) is -3.42. The smallest absolute Gasteiger partial charge is 0.251 e. The van der Waals surface area contributed by atoms with Gasteiger partial charge in [-0.05, 0) is 6.92 Å². The largest absolute Gasteiger partial charge is 0.367 e. The number of rotatable bonds is 4. The zero-order chi connectivity index (χ0) is 16.3. The molecule has 1 aliphatic heterocycles. The molecule has 2 heterocycles. The van der Waals surface area contributed by atoms with Crippen molar-refractivity contribution in [1.29, 1.82) is 0 Å². The minimum atomic E-state index is -3.42. The van der Waals surface area contributed by atoms with Crippen LogP contribution in [0.4, 0.5) is 0 Å². The van der Waals surface area contributed by atoms with Crippen LogP contribution in [-0.2, 0) is 19.6 Å². The van der Waals surface area contributed by atoms with Crippen molar-refractivity contribution in [3.63, 3.8) is 0 Å². The summed E-state index contributed by atoms with van der Waals surface area (Å²) < 4.78 is 29.7. The van der Waals surface area contributed by atoms with E-state index in [1.807, 2.05) is 0 Å². The molecule has 2 N–H and O–H groups in total. The monoisotopic (exact) mass is 330 g/mol. The number of carbonyl (C=O) groups is 1. The van der Waals surface area contributed by atoms with E-state index < -0.39 is 16.1 Å². The second kappa shape index (κ2) is 6.55. The van der Waals surface area contributed by atoms with E-state index in [2.05, 4.69) is 14.7 Å². The molecule has 2 rings (SSSR count). The van der Waals surface area contributed by atoms with E-state index >= 15 is 0 Å². The van der Waals surface area contributed by atoms with Crippen molar-refractivity contribution >= 4 is 15.9 Å². The molecule has 0 aromatic carbocycles. The minimum Gasteiger partial charge on any atom is -0.367 e. The second-order valence-electron chi connectivity index (χ2n) is 5.06. The zero-order valence-electron chi connectivity index (χ0n) is 12.3. The molecule has 0 unspecified atom stereocenters.